The average Bonchev–Trinajstić information content (AvgIpc) is 3.09. The van der Waals surface area contributed by atoms with Gasteiger partial charge in [-0.3, -0.25) is 14.9 Å². The molecule has 0 bridgehead atoms. The van der Waals surface area contributed by atoms with Crippen LogP contribution in [0.25, 0.3) is 11.1 Å². The van der Waals surface area contributed by atoms with Crippen molar-refractivity contribution >= 4 is 23.9 Å². The van der Waals surface area contributed by atoms with Gasteiger partial charge in [-0.05, 0) is 36.1 Å². The van der Waals surface area contributed by atoms with Gasteiger partial charge in [0.1, 0.15) is 6.61 Å². The Morgan fingerprint density at radius 1 is 0.939 bits per heavy atom. The molecule has 3 N–H and O–H groups in total. The number of ether oxygens (including phenoxy) is 2. The maximum Gasteiger partial charge on any atom is 0.408 e. The summed E-state index contributed by atoms with van der Waals surface area (Å²) in [4.78, 5) is 48.1. The van der Waals surface area contributed by atoms with Gasteiger partial charge in [-0.15, -0.1) is 0 Å². The third-order valence-electron chi connectivity index (χ3n) is 5.26. The van der Waals surface area contributed by atoms with E-state index in [4.69, 9.17) is 14.6 Å². The third-order valence-corrected chi connectivity index (χ3v) is 5.26. The van der Waals surface area contributed by atoms with E-state index in [1.165, 1.54) is 6.92 Å². The van der Waals surface area contributed by atoms with Crippen molar-refractivity contribution in [2.24, 2.45) is 0 Å². The molecule has 174 valence electrons. The van der Waals surface area contributed by atoms with E-state index in [2.05, 4.69) is 10.6 Å². The Morgan fingerprint density at radius 2 is 1.52 bits per heavy atom. The predicted molar refractivity (Wildman–Crippen MR) is 118 cm³/mol. The second kappa shape index (κ2) is 10.6. The number of rotatable bonds is 9. The molecule has 1 aliphatic carbocycles. The van der Waals surface area contributed by atoms with Crippen LogP contribution in [0.15, 0.2) is 48.5 Å². The first-order valence-corrected chi connectivity index (χ1v) is 10.6. The van der Waals surface area contributed by atoms with Crippen molar-refractivity contribution in [3.8, 4) is 11.1 Å². The van der Waals surface area contributed by atoms with Crippen molar-refractivity contribution in [2.75, 3.05) is 13.2 Å². The lowest BCUT2D eigenvalue weighted by Crippen LogP contribution is -2.54. The SMILES string of the molecule is CCOC(=O)C(NC(=O)OCC1c2ccccc2-c2ccccc21)C(=O)NC(C)CC(=O)O. The number of alkyl carbamates (subject to hydrolysis) is 1. The van der Waals surface area contributed by atoms with E-state index >= 15 is 0 Å². The minimum atomic E-state index is -1.67. The molecule has 3 rings (SSSR count). The molecule has 0 aliphatic heterocycles. The summed E-state index contributed by atoms with van der Waals surface area (Å²) in [5.74, 6) is -3.14. The first kappa shape index (κ1) is 23.8. The molecule has 2 atom stereocenters. The molecule has 2 aromatic carbocycles. The average molecular weight is 454 g/mol. The monoisotopic (exact) mass is 454 g/mol. The van der Waals surface area contributed by atoms with Crippen LogP contribution >= 0.6 is 0 Å². The van der Waals surface area contributed by atoms with Gasteiger partial charge < -0.3 is 19.9 Å². The highest BCUT2D eigenvalue weighted by molar-refractivity contribution is 6.04. The summed E-state index contributed by atoms with van der Waals surface area (Å²) in [7, 11) is 0. The number of aliphatic carboxylic acids is 1. The van der Waals surface area contributed by atoms with E-state index in [0.717, 1.165) is 22.3 Å². The summed E-state index contributed by atoms with van der Waals surface area (Å²) in [5.41, 5.74) is 4.18. The first-order chi connectivity index (χ1) is 15.8. The Labute approximate surface area is 191 Å². The quantitative estimate of drug-likeness (QED) is 0.392. The van der Waals surface area contributed by atoms with Gasteiger partial charge in [-0.25, -0.2) is 9.59 Å². The third kappa shape index (κ3) is 5.68. The van der Waals surface area contributed by atoms with Crippen molar-refractivity contribution in [1.82, 2.24) is 10.6 Å². The molecular formula is C24H26N2O7. The molecule has 0 spiro atoms. The van der Waals surface area contributed by atoms with Crippen molar-refractivity contribution < 1.29 is 33.8 Å². The molecule has 0 saturated heterocycles. The van der Waals surface area contributed by atoms with E-state index < -0.39 is 36.0 Å². The van der Waals surface area contributed by atoms with Crippen molar-refractivity contribution in [1.29, 1.82) is 0 Å². The van der Waals surface area contributed by atoms with E-state index in [-0.39, 0.29) is 25.6 Å². The Morgan fingerprint density at radius 3 is 2.06 bits per heavy atom. The summed E-state index contributed by atoms with van der Waals surface area (Å²) in [6.45, 7) is 3.04. The van der Waals surface area contributed by atoms with E-state index in [1.807, 2.05) is 48.5 Å². The summed E-state index contributed by atoms with van der Waals surface area (Å²) in [5, 5.41) is 13.5. The Bertz CT molecular complexity index is 1010. The molecule has 2 aromatic rings. The van der Waals surface area contributed by atoms with Crippen LogP contribution in [0.3, 0.4) is 0 Å². The number of carbonyl (C=O) groups is 4. The van der Waals surface area contributed by atoms with Crippen LogP contribution in [0.4, 0.5) is 4.79 Å². The molecule has 0 saturated carbocycles. The topological polar surface area (TPSA) is 131 Å². The van der Waals surface area contributed by atoms with Gasteiger partial charge in [-0.2, -0.15) is 0 Å². The number of carboxylic acid groups (broad SMARTS) is 1. The lowest BCUT2D eigenvalue weighted by molar-refractivity contribution is -0.149. The van der Waals surface area contributed by atoms with Gasteiger partial charge in [-0.1, -0.05) is 48.5 Å². The zero-order chi connectivity index (χ0) is 24.0. The summed E-state index contributed by atoms with van der Waals surface area (Å²) >= 11 is 0. The molecule has 0 radical (unpaired) electrons. The number of amides is 2. The molecule has 2 unspecified atom stereocenters. The fourth-order valence-electron chi connectivity index (χ4n) is 3.85. The van der Waals surface area contributed by atoms with Crippen LogP contribution < -0.4 is 10.6 Å². The van der Waals surface area contributed by atoms with Gasteiger partial charge in [0.15, 0.2) is 0 Å². The molecule has 1 aliphatic rings. The van der Waals surface area contributed by atoms with Crippen LogP contribution in [0.5, 0.6) is 0 Å². The Kier molecular flexibility index (Phi) is 7.66. The predicted octanol–water partition coefficient (Wildman–Crippen LogP) is 2.44. The van der Waals surface area contributed by atoms with Gasteiger partial charge >= 0.3 is 18.0 Å². The van der Waals surface area contributed by atoms with Crippen LogP contribution in [0.2, 0.25) is 0 Å². The lowest BCUT2D eigenvalue weighted by Gasteiger charge is -2.20. The van der Waals surface area contributed by atoms with Crippen molar-refractivity contribution in [2.45, 2.75) is 38.3 Å². The summed E-state index contributed by atoms with van der Waals surface area (Å²) in [6.07, 6.45) is -1.30. The first-order valence-electron chi connectivity index (χ1n) is 10.6. The second-order valence-electron chi connectivity index (χ2n) is 7.66. The minimum Gasteiger partial charge on any atom is -0.481 e. The maximum atomic E-state index is 12.5. The highest BCUT2D eigenvalue weighted by Gasteiger charge is 2.33. The Hall–Kier alpha value is -3.88. The van der Waals surface area contributed by atoms with Crippen LogP contribution in [0.1, 0.15) is 37.3 Å². The Balaban J connectivity index is 1.67. The highest BCUT2D eigenvalue weighted by atomic mass is 16.6. The smallest absolute Gasteiger partial charge is 0.408 e. The van der Waals surface area contributed by atoms with Crippen LogP contribution in [-0.4, -0.2) is 54.3 Å². The van der Waals surface area contributed by atoms with Gasteiger partial charge in [0.25, 0.3) is 5.91 Å². The normalized spacial score (nSPS) is 13.8. The number of nitrogens with one attached hydrogen (secondary N) is 2. The van der Waals surface area contributed by atoms with E-state index in [0.29, 0.717) is 0 Å². The number of benzene rings is 2. The number of esters is 1. The zero-order valence-electron chi connectivity index (χ0n) is 18.4. The molecular weight excluding hydrogens is 428 g/mol. The van der Waals surface area contributed by atoms with E-state index in [1.54, 1.807) is 6.92 Å². The fraction of sp³-hybridized carbons (Fsp3) is 0.333. The number of carboxylic acids is 1. The van der Waals surface area contributed by atoms with Crippen LogP contribution in [-0.2, 0) is 23.9 Å². The summed E-state index contributed by atoms with van der Waals surface area (Å²) < 4.78 is 10.3. The molecule has 0 fully saturated rings. The molecule has 9 heteroatoms. The fourth-order valence-corrected chi connectivity index (χ4v) is 3.85. The summed E-state index contributed by atoms with van der Waals surface area (Å²) in [6, 6.07) is 13.3. The molecule has 33 heavy (non-hydrogen) atoms. The zero-order valence-corrected chi connectivity index (χ0v) is 18.4. The molecule has 0 heterocycles. The van der Waals surface area contributed by atoms with Crippen molar-refractivity contribution in [3.05, 3.63) is 59.7 Å². The van der Waals surface area contributed by atoms with Crippen molar-refractivity contribution in [3.63, 3.8) is 0 Å². The largest absolute Gasteiger partial charge is 0.481 e. The van der Waals surface area contributed by atoms with Gasteiger partial charge in [0.2, 0.25) is 6.04 Å². The number of hydrogen-bond donors (Lipinski definition) is 3. The molecule has 2 amide bonds. The minimum absolute atomic E-state index is 0.000335. The number of carbonyl (C=O) groups excluding carboxylic acids is 3. The van der Waals surface area contributed by atoms with Gasteiger partial charge in [0.05, 0.1) is 13.0 Å². The number of hydrogen-bond acceptors (Lipinski definition) is 6. The molecule has 0 aromatic heterocycles. The van der Waals surface area contributed by atoms with Gasteiger partial charge in [0, 0.05) is 12.0 Å². The lowest BCUT2D eigenvalue weighted by atomic mass is 9.98. The standard InChI is InChI=1S/C24H26N2O7/c1-3-32-23(30)21(22(29)25-14(2)12-20(27)28)26-24(31)33-13-19-17-10-6-4-8-15(17)16-9-5-7-11-18(16)19/h4-11,14,19,21H,3,12-13H2,1-2H3,(H,25,29)(H,26,31)(H,27,28). The second-order valence-corrected chi connectivity index (χ2v) is 7.66. The van der Waals surface area contributed by atoms with E-state index in [9.17, 15) is 19.2 Å². The van der Waals surface area contributed by atoms with Crippen LogP contribution in [0, 0.1) is 0 Å². The maximum absolute atomic E-state index is 12.5. The number of fused-ring (bicyclic) bond motifs is 3. The highest BCUT2D eigenvalue weighted by Crippen LogP contribution is 2.44. The molecule has 9 nitrogen and oxygen atoms in total.